The Morgan fingerprint density at radius 1 is 1.17 bits per heavy atom. The quantitative estimate of drug-likeness (QED) is 0.401. The van der Waals surface area contributed by atoms with Gasteiger partial charge < -0.3 is 31.6 Å². The maximum atomic E-state index is 12.6. The summed E-state index contributed by atoms with van der Waals surface area (Å²) >= 11 is 0. The number of nitrogens with one attached hydrogen (secondary N) is 1. The standard InChI is InChI=1S/C19H23N7O3/c20-7-10-1-3-11(4-2-10)19(29)25-12-5-6-13(27)15(16(12)28)26-9-24-14-17(21)22-8-23-18(14)26/h1-4,8-9,12-13,15-16,27-28H,5-7,20H2,(H,25,29)(H2,21,22,23)/t12-,13+,15-,16-/m1/s1. The lowest BCUT2D eigenvalue weighted by atomic mass is 9.85. The Kier molecular flexibility index (Phi) is 5.14. The van der Waals surface area contributed by atoms with Gasteiger partial charge in [-0.3, -0.25) is 4.79 Å². The highest BCUT2D eigenvalue weighted by molar-refractivity contribution is 5.94. The van der Waals surface area contributed by atoms with Gasteiger partial charge >= 0.3 is 0 Å². The van der Waals surface area contributed by atoms with E-state index in [-0.39, 0.29) is 11.7 Å². The van der Waals surface area contributed by atoms with Crippen LogP contribution in [0, 0.1) is 0 Å². The van der Waals surface area contributed by atoms with Crippen molar-refractivity contribution < 1.29 is 15.0 Å². The molecule has 2 heterocycles. The number of carbonyl (C=O) groups is 1. The summed E-state index contributed by atoms with van der Waals surface area (Å²) in [5.41, 5.74) is 13.6. The summed E-state index contributed by atoms with van der Waals surface area (Å²) in [7, 11) is 0. The third kappa shape index (κ3) is 3.53. The van der Waals surface area contributed by atoms with Crippen molar-refractivity contribution in [3.63, 3.8) is 0 Å². The minimum atomic E-state index is -1.04. The zero-order valence-electron chi connectivity index (χ0n) is 15.6. The third-order valence-electron chi connectivity index (χ3n) is 5.41. The van der Waals surface area contributed by atoms with E-state index in [1.807, 2.05) is 0 Å². The number of nitrogens with two attached hydrogens (primary N) is 2. The maximum absolute atomic E-state index is 12.6. The number of aliphatic hydroxyl groups excluding tert-OH is 2. The van der Waals surface area contributed by atoms with E-state index in [2.05, 4.69) is 20.3 Å². The van der Waals surface area contributed by atoms with Gasteiger partial charge in [0.15, 0.2) is 11.5 Å². The van der Waals surface area contributed by atoms with Crippen LogP contribution in [0.15, 0.2) is 36.9 Å². The SMILES string of the molecule is NCc1ccc(C(=O)N[C@@H]2CC[C@H](O)[C@@H](n3cnc4c(N)ncnc43)[C@@H]2O)cc1. The Morgan fingerprint density at radius 3 is 2.66 bits per heavy atom. The molecule has 3 aromatic rings. The van der Waals surface area contributed by atoms with E-state index in [9.17, 15) is 15.0 Å². The number of hydrogen-bond acceptors (Lipinski definition) is 8. The molecule has 2 aromatic heterocycles. The lowest BCUT2D eigenvalue weighted by Crippen LogP contribution is -2.53. The summed E-state index contributed by atoms with van der Waals surface area (Å²) in [5.74, 6) is -0.0749. The van der Waals surface area contributed by atoms with Gasteiger partial charge in [0.25, 0.3) is 5.91 Å². The number of imidazole rings is 1. The molecule has 10 nitrogen and oxygen atoms in total. The maximum Gasteiger partial charge on any atom is 0.251 e. The van der Waals surface area contributed by atoms with Crippen LogP contribution in [0.25, 0.3) is 11.2 Å². The number of anilines is 1. The van der Waals surface area contributed by atoms with E-state index in [1.54, 1.807) is 28.8 Å². The van der Waals surface area contributed by atoms with Crippen LogP contribution in [0.2, 0.25) is 0 Å². The molecule has 7 N–H and O–H groups in total. The number of aromatic nitrogens is 4. The Labute approximate surface area is 166 Å². The van der Waals surface area contributed by atoms with Crippen molar-refractivity contribution in [1.29, 1.82) is 0 Å². The van der Waals surface area contributed by atoms with Crippen LogP contribution in [0.5, 0.6) is 0 Å². The number of aliphatic hydroxyl groups is 2. The number of fused-ring (bicyclic) bond motifs is 1. The average molecular weight is 397 g/mol. The van der Waals surface area contributed by atoms with E-state index in [4.69, 9.17) is 11.5 Å². The zero-order valence-corrected chi connectivity index (χ0v) is 15.6. The predicted molar refractivity (Wildman–Crippen MR) is 106 cm³/mol. The summed E-state index contributed by atoms with van der Waals surface area (Å²) in [5, 5.41) is 24.4. The number of benzene rings is 1. The van der Waals surface area contributed by atoms with Gasteiger partial charge in [-0.2, -0.15) is 0 Å². The first-order chi connectivity index (χ1) is 14.0. The van der Waals surface area contributed by atoms with Crippen molar-refractivity contribution in [3.05, 3.63) is 48.0 Å². The van der Waals surface area contributed by atoms with Gasteiger partial charge in [0, 0.05) is 12.1 Å². The van der Waals surface area contributed by atoms with Crippen LogP contribution >= 0.6 is 0 Å². The largest absolute Gasteiger partial charge is 0.391 e. The molecule has 152 valence electrons. The summed E-state index contributed by atoms with van der Waals surface area (Å²) in [6.07, 6.45) is 1.76. The van der Waals surface area contributed by atoms with Crippen molar-refractivity contribution in [2.45, 2.75) is 43.7 Å². The summed E-state index contributed by atoms with van der Waals surface area (Å²) in [6, 6.07) is 5.71. The molecule has 1 fully saturated rings. The van der Waals surface area contributed by atoms with E-state index in [0.29, 0.717) is 36.1 Å². The second kappa shape index (κ2) is 7.74. The fourth-order valence-electron chi connectivity index (χ4n) is 3.80. The molecular formula is C19H23N7O3. The first-order valence-electron chi connectivity index (χ1n) is 9.38. The molecule has 1 aromatic carbocycles. The van der Waals surface area contributed by atoms with Gasteiger partial charge in [-0.15, -0.1) is 0 Å². The molecular weight excluding hydrogens is 374 g/mol. The van der Waals surface area contributed by atoms with Crippen molar-refractivity contribution in [3.8, 4) is 0 Å². The molecule has 4 atom stereocenters. The van der Waals surface area contributed by atoms with Crippen LogP contribution in [0.4, 0.5) is 5.82 Å². The molecule has 1 saturated carbocycles. The zero-order chi connectivity index (χ0) is 20.5. The number of hydrogen-bond donors (Lipinski definition) is 5. The molecule has 29 heavy (non-hydrogen) atoms. The summed E-state index contributed by atoms with van der Waals surface area (Å²) in [4.78, 5) is 24.9. The van der Waals surface area contributed by atoms with E-state index in [0.717, 1.165) is 5.56 Å². The highest BCUT2D eigenvalue weighted by Gasteiger charge is 2.40. The van der Waals surface area contributed by atoms with E-state index < -0.39 is 24.3 Å². The average Bonchev–Trinajstić information content (AvgIpc) is 3.15. The number of nitrogens with zero attached hydrogens (tertiary/aromatic N) is 4. The fraction of sp³-hybridized carbons (Fsp3) is 0.368. The number of carbonyl (C=O) groups excluding carboxylic acids is 1. The smallest absolute Gasteiger partial charge is 0.251 e. The van der Waals surface area contributed by atoms with E-state index >= 15 is 0 Å². The molecule has 1 amide bonds. The second-order valence-electron chi connectivity index (χ2n) is 7.19. The van der Waals surface area contributed by atoms with Crippen LogP contribution in [-0.4, -0.2) is 53.9 Å². The Morgan fingerprint density at radius 2 is 1.93 bits per heavy atom. The molecule has 0 saturated heterocycles. The van der Waals surface area contributed by atoms with Gasteiger partial charge in [-0.25, -0.2) is 15.0 Å². The molecule has 0 unspecified atom stereocenters. The highest BCUT2D eigenvalue weighted by atomic mass is 16.3. The molecule has 0 aliphatic heterocycles. The predicted octanol–water partition coefficient (Wildman–Crippen LogP) is -0.278. The molecule has 1 aliphatic carbocycles. The van der Waals surface area contributed by atoms with Gasteiger partial charge in [-0.05, 0) is 30.5 Å². The van der Waals surface area contributed by atoms with Crippen LogP contribution in [-0.2, 0) is 6.54 Å². The Hall–Kier alpha value is -3.08. The third-order valence-corrected chi connectivity index (χ3v) is 5.41. The number of rotatable bonds is 4. The lowest BCUT2D eigenvalue weighted by molar-refractivity contribution is -0.0323. The van der Waals surface area contributed by atoms with Crippen molar-refractivity contribution >= 4 is 22.9 Å². The molecule has 1 aliphatic rings. The molecule has 4 rings (SSSR count). The van der Waals surface area contributed by atoms with Crippen molar-refractivity contribution in [2.75, 3.05) is 5.73 Å². The molecule has 10 heteroatoms. The van der Waals surface area contributed by atoms with Gasteiger partial charge in [0.2, 0.25) is 0 Å². The van der Waals surface area contributed by atoms with E-state index in [1.165, 1.54) is 12.7 Å². The summed E-state index contributed by atoms with van der Waals surface area (Å²) < 4.78 is 1.59. The topological polar surface area (TPSA) is 165 Å². The number of amides is 1. The van der Waals surface area contributed by atoms with Crippen LogP contribution in [0.1, 0.15) is 34.8 Å². The first kappa shape index (κ1) is 19.2. The fourth-order valence-corrected chi connectivity index (χ4v) is 3.80. The second-order valence-corrected chi connectivity index (χ2v) is 7.19. The Balaban J connectivity index is 1.57. The van der Waals surface area contributed by atoms with Crippen LogP contribution < -0.4 is 16.8 Å². The highest BCUT2D eigenvalue weighted by Crippen LogP contribution is 2.32. The van der Waals surface area contributed by atoms with Gasteiger partial charge in [0.1, 0.15) is 11.8 Å². The summed E-state index contributed by atoms with van der Waals surface area (Å²) in [6.45, 7) is 0.399. The molecule has 0 radical (unpaired) electrons. The van der Waals surface area contributed by atoms with Gasteiger partial charge in [0.05, 0.1) is 30.6 Å². The monoisotopic (exact) mass is 397 g/mol. The minimum absolute atomic E-state index is 0.222. The number of nitrogen functional groups attached to an aromatic ring is 1. The molecule has 0 spiro atoms. The van der Waals surface area contributed by atoms with Crippen molar-refractivity contribution in [2.24, 2.45) is 5.73 Å². The normalized spacial score (nSPS) is 24.5. The van der Waals surface area contributed by atoms with Crippen LogP contribution in [0.3, 0.4) is 0 Å². The molecule has 0 bridgehead atoms. The van der Waals surface area contributed by atoms with Gasteiger partial charge in [-0.1, -0.05) is 12.1 Å². The Bertz CT molecular complexity index is 1020. The first-order valence-corrected chi connectivity index (χ1v) is 9.38. The van der Waals surface area contributed by atoms with Crippen molar-refractivity contribution in [1.82, 2.24) is 24.8 Å². The minimum Gasteiger partial charge on any atom is -0.391 e. The lowest BCUT2D eigenvalue weighted by Gasteiger charge is -2.39.